The van der Waals surface area contributed by atoms with Gasteiger partial charge in [0, 0.05) is 44.8 Å². The van der Waals surface area contributed by atoms with Gasteiger partial charge in [-0.15, -0.1) is 0 Å². The zero-order valence-corrected chi connectivity index (χ0v) is 17.2. The Morgan fingerprint density at radius 2 is 1.67 bits per heavy atom. The Bertz CT molecular complexity index is 627. The Morgan fingerprint density at radius 1 is 1.07 bits per heavy atom. The van der Waals surface area contributed by atoms with Gasteiger partial charge in [-0.1, -0.05) is 26.0 Å². The van der Waals surface area contributed by atoms with Gasteiger partial charge in [-0.25, -0.2) is 4.79 Å². The van der Waals surface area contributed by atoms with Crippen LogP contribution in [-0.2, 0) is 4.74 Å². The number of ether oxygens (including phenoxy) is 1. The maximum Gasteiger partial charge on any atom is 0.410 e. The molecule has 1 aromatic rings. The molecule has 0 radical (unpaired) electrons. The minimum Gasteiger partial charge on any atom is -0.444 e. The van der Waals surface area contributed by atoms with Crippen molar-refractivity contribution >= 4 is 12.0 Å². The SMILES string of the molecule is CC(C)c1ccc(C(=O)NCCN2CCN(C(=O)OC(C)(C)C)CC2)cc1. The highest BCUT2D eigenvalue weighted by molar-refractivity contribution is 5.94. The predicted molar refractivity (Wildman–Crippen MR) is 107 cm³/mol. The zero-order valence-electron chi connectivity index (χ0n) is 17.2. The first-order valence-corrected chi connectivity index (χ1v) is 9.74. The molecule has 1 fully saturated rings. The summed E-state index contributed by atoms with van der Waals surface area (Å²) >= 11 is 0. The average molecular weight is 376 g/mol. The number of piperazine rings is 1. The fraction of sp³-hybridized carbons (Fsp3) is 0.619. The molecule has 27 heavy (non-hydrogen) atoms. The Labute approximate surface area is 162 Å². The van der Waals surface area contributed by atoms with Gasteiger partial charge in [-0.05, 0) is 44.4 Å². The molecular weight excluding hydrogens is 342 g/mol. The lowest BCUT2D eigenvalue weighted by Gasteiger charge is -2.35. The smallest absolute Gasteiger partial charge is 0.410 e. The van der Waals surface area contributed by atoms with E-state index in [2.05, 4.69) is 24.1 Å². The molecule has 150 valence electrons. The zero-order chi connectivity index (χ0) is 20.0. The van der Waals surface area contributed by atoms with Crippen LogP contribution >= 0.6 is 0 Å². The lowest BCUT2D eigenvalue weighted by atomic mass is 10.0. The van der Waals surface area contributed by atoms with E-state index in [4.69, 9.17) is 4.74 Å². The van der Waals surface area contributed by atoms with Gasteiger partial charge >= 0.3 is 6.09 Å². The highest BCUT2D eigenvalue weighted by Crippen LogP contribution is 2.15. The Hall–Kier alpha value is -2.08. The summed E-state index contributed by atoms with van der Waals surface area (Å²) in [5, 5.41) is 2.97. The van der Waals surface area contributed by atoms with E-state index in [1.807, 2.05) is 45.0 Å². The first kappa shape index (κ1) is 21.2. The quantitative estimate of drug-likeness (QED) is 0.859. The second-order valence-electron chi connectivity index (χ2n) is 8.34. The Balaban J connectivity index is 1.69. The molecule has 0 aromatic heterocycles. The fourth-order valence-corrected chi connectivity index (χ4v) is 2.93. The molecule has 1 N–H and O–H groups in total. The number of benzene rings is 1. The summed E-state index contributed by atoms with van der Waals surface area (Å²) in [6, 6.07) is 7.78. The normalized spacial score (nSPS) is 15.7. The van der Waals surface area contributed by atoms with Crippen LogP contribution < -0.4 is 5.32 Å². The summed E-state index contributed by atoms with van der Waals surface area (Å²) in [7, 11) is 0. The molecule has 1 saturated heterocycles. The van der Waals surface area contributed by atoms with Crippen LogP contribution in [0.4, 0.5) is 4.79 Å². The lowest BCUT2D eigenvalue weighted by Crippen LogP contribution is -2.51. The number of carbonyl (C=O) groups is 2. The number of hydrogen-bond donors (Lipinski definition) is 1. The van der Waals surface area contributed by atoms with Crippen LogP contribution in [0.25, 0.3) is 0 Å². The molecule has 2 rings (SSSR count). The summed E-state index contributed by atoms with van der Waals surface area (Å²) in [6.45, 7) is 14.2. The van der Waals surface area contributed by atoms with E-state index in [0.717, 1.165) is 19.6 Å². The van der Waals surface area contributed by atoms with E-state index in [1.54, 1.807) is 4.90 Å². The van der Waals surface area contributed by atoms with Crippen molar-refractivity contribution in [1.29, 1.82) is 0 Å². The number of amides is 2. The first-order chi connectivity index (χ1) is 12.7. The van der Waals surface area contributed by atoms with Gasteiger partial charge in [0.1, 0.15) is 5.60 Å². The second-order valence-corrected chi connectivity index (χ2v) is 8.34. The number of nitrogens with zero attached hydrogens (tertiary/aromatic N) is 2. The van der Waals surface area contributed by atoms with Gasteiger partial charge in [0.25, 0.3) is 5.91 Å². The molecule has 0 saturated carbocycles. The van der Waals surface area contributed by atoms with E-state index >= 15 is 0 Å². The lowest BCUT2D eigenvalue weighted by molar-refractivity contribution is 0.0147. The van der Waals surface area contributed by atoms with Crippen molar-refractivity contribution in [3.8, 4) is 0 Å². The molecule has 1 heterocycles. The van der Waals surface area contributed by atoms with E-state index in [1.165, 1.54) is 5.56 Å². The number of carbonyl (C=O) groups excluding carboxylic acids is 2. The molecule has 6 nitrogen and oxygen atoms in total. The van der Waals surface area contributed by atoms with Gasteiger partial charge in [0.15, 0.2) is 0 Å². The topological polar surface area (TPSA) is 61.9 Å². The molecule has 1 aromatic carbocycles. The number of rotatable bonds is 5. The maximum absolute atomic E-state index is 12.2. The predicted octanol–water partition coefficient (Wildman–Crippen LogP) is 3.09. The van der Waals surface area contributed by atoms with E-state index in [-0.39, 0.29) is 12.0 Å². The van der Waals surface area contributed by atoms with Gasteiger partial charge in [-0.3, -0.25) is 9.69 Å². The minimum absolute atomic E-state index is 0.0438. The van der Waals surface area contributed by atoms with Gasteiger partial charge in [-0.2, -0.15) is 0 Å². The second kappa shape index (κ2) is 9.22. The van der Waals surface area contributed by atoms with Crippen molar-refractivity contribution in [3.05, 3.63) is 35.4 Å². The number of hydrogen-bond acceptors (Lipinski definition) is 4. The summed E-state index contributed by atoms with van der Waals surface area (Å²) < 4.78 is 5.41. The molecular formula is C21H33N3O3. The Kier molecular flexibility index (Phi) is 7.25. The van der Waals surface area contributed by atoms with E-state index < -0.39 is 5.60 Å². The van der Waals surface area contributed by atoms with Crippen LogP contribution in [0.2, 0.25) is 0 Å². The molecule has 0 aliphatic carbocycles. The molecule has 6 heteroatoms. The van der Waals surface area contributed by atoms with E-state index in [0.29, 0.717) is 31.1 Å². The standard InChI is InChI=1S/C21H33N3O3/c1-16(2)17-6-8-18(9-7-17)19(25)22-10-11-23-12-14-24(15-13-23)20(26)27-21(3,4)5/h6-9,16H,10-15H2,1-5H3,(H,22,25). The monoisotopic (exact) mass is 375 g/mol. The van der Waals surface area contributed by atoms with Crippen molar-refractivity contribution in [2.75, 3.05) is 39.3 Å². The van der Waals surface area contributed by atoms with Crippen molar-refractivity contribution < 1.29 is 14.3 Å². The molecule has 0 unspecified atom stereocenters. The van der Waals surface area contributed by atoms with Crippen LogP contribution in [-0.4, -0.2) is 66.7 Å². The highest BCUT2D eigenvalue weighted by Gasteiger charge is 2.25. The van der Waals surface area contributed by atoms with E-state index in [9.17, 15) is 9.59 Å². The van der Waals surface area contributed by atoms with Crippen molar-refractivity contribution in [2.45, 2.75) is 46.1 Å². The van der Waals surface area contributed by atoms with Crippen LogP contribution in [0.1, 0.15) is 56.5 Å². The largest absolute Gasteiger partial charge is 0.444 e. The molecule has 1 aliphatic heterocycles. The molecule has 0 spiro atoms. The van der Waals surface area contributed by atoms with Crippen LogP contribution in [0, 0.1) is 0 Å². The van der Waals surface area contributed by atoms with Gasteiger partial charge in [0.05, 0.1) is 0 Å². The molecule has 0 bridgehead atoms. The summed E-state index contributed by atoms with van der Waals surface area (Å²) in [6.07, 6.45) is -0.250. The average Bonchev–Trinajstić information content (AvgIpc) is 2.60. The summed E-state index contributed by atoms with van der Waals surface area (Å²) in [5.41, 5.74) is 1.45. The van der Waals surface area contributed by atoms with Crippen LogP contribution in [0.3, 0.4) is 0 Å². The Morgan fingerprint density at radius 3 is 2.19 bits per heavy atom. The third-order valence-electron chi connectivity index (χ3n) is 4.58. The first-order valence-electron chi connectivity index (χ1n) is 9.74. The molecule has 2 amide bonds. The third kappa shape index (κ3) is 6.86. The molecule has 1 aliphatic rings. The van der Waals surface area contributed by atoms with Crippen molar-refractivity contribution in [2.24, 2.45) is 0 Å². The third-order valence-corrected chi connectivity index (χ3v) is 4.58. The maximum atomic E-state index is 12.2. The summed E-state index contributed by atoms with van der Waals surface area (Å²) in [4.78, 5) is 28.3. The highest BCUT2D eigenvalue weighted by atomic mass is 16.6. The minimum atomic E-state index is -0.466. The van der Waals surface area contributed by atoms with Gasteiger partial charge in [0.2, 0.25) is 0 Å². The van der Waals surface area contributed by atoms with Gasteiger partial charge < -0.3 is 15.0 Å². The fourth-order valence-electron chi connectivity index (χ4n) is 2.93. The van der Waals surface area contributed by atoms with Crippen molar-refractivity contribution in [3.63, 3.8) is 0 Å². The van der Waals surface area contributed by atoms with Crippen LogP contribution in [0.15, 0.2) is 24.3 Å². The van der Waals surface area contributed by atoms with Crippen molar-refractivity contribution in [1.82, 2.24) is 15.1 Å². The van der Waals surface area contributed by atoms with Crippen LogP contribution in [0.5, 0.6) is 0 Å². The number of nitrogens with one attached hydrogen (secondary N) is 1. The molecule has 0 atom stereocenters. The summed E-state index contributed by atoms with van der Waals surface area (Å²) in [5.74, 6) is 0.416.